The monoisotopic (exact) mass is 257 g/mol. The van der Waals surface area contributed by atoms with E-state index in [1.165, 1.54) is 18.9 Å². The molecule has 0 spiro atoms. The maximum Gasteiger partial charge on any atom is 0.129 e. The van der Waals surface area contributed by atoms with Crippen LogP contribution in [-0.2, 0) is 0 Å². The molecule has 0 bridgehead atoms. The number of hydrogen-bond acceptors (Lipinski definition) is 1. The second-order valence-electron chi connectivity index (χ2n) is 3.67. The molecule has 1 aromatic rings. The summed E-state index contributed by atoms with van der Waals surface area (Å²) in [5.74, 6) is -0.112. The first kappa shape index (κ1) is 10.1. The van der Waals surface area contributed by atoms with Gasteiger partial charge in [0.2, 0.25) is 0 Å². The van der Waals surface area contributed by atoms with Crippen LogP contribution in [0.2, 0.25) is 0 Å². The summed E-state index contributed by atoms with van der Waals surface area (Å²) in [6, 6.07) is 5.50. The van der Waals surface area contributed by atoms with Crippen molar-refractivity contribution in [2.24, 2.45) is 0 Å². The molecule has 3 heteroatoms. The van der Waals surface area contributed by atoms with E-state index in [-0.39, 0.29) is 11.9 Å². The molecule has 14 heavy (non-hydrogen) atoms. The average molecular weight is 258 g/mol. The fourth-order valence-electron chi connectivity index (χ4n) is 1.90. The second kappa shape index (κ2) is 4.41. The molecule has 1 N–H and O–H groups in total. The first-order valence-corrected chi connectivity index (χ1v) is 5.75. The molecular weight excluding hydrogens is 245 g/mol. The van der Waals surface area contributed by atoms with E-state index in [2.05, 4.69) is 21.2 Å². The molecule has 1 aliphatic heterocycles. The molecule has 1 nitrogen and oxygen atoms in total. The lowest BCUT2D eigenvalue weighted by molar-refractivity contribution is 0.400. The normalized spacial score (nSPS) is 22.3. The van der Waals surface area contributed by atoms with Crippen molar-refractivity contribution in [2.75, 3.05) is 6.54 Å². The summed E-state index contributed by atoms with van der Waals surface area (Å²) in [5.41, 5.74) is 0.799. The number of piperidine rings is 1. The highest BCUT2D eigenvalue weighted by Gasteiger charge is 2.17. The van der Waals surface area contributed by atoms with Crippen molar-refractivity contribution >= 4 is 15.9 Å². The summed E-state index contributed by atoms with van der Waals surface area (Å²) in [7, 11) is 0. The Hall–Kier alpha value is -0.410. The summed E-state index contributed by atoms with van der Waals surface area (Å²) in [6.07, 6.45) is 3.43. The third-order valence-electron chi connectivity index (χ3n) is 2.65. The van der Waals surface area contributed by atoms with Gasteiger partial charge in [-0.25, -0.2) is 4.39 Å². The van der Waals surface area contributed by atoms with Crippen LogP contribution in [0.1, 0.15) is 30.9 Å². The highest BCUT2D eigenvalue weighted by molar-refractivity contribution is 9.10. The van der Waals surface area contributed by atoms with E-state index in [1.54, 1.807) is 0 Å². The quantitative estimate of drug-likeness (QED) is 0.814. The van der Waals surface area contributed by atoms with Crippen molar-refractivity contribution in [3.8, 4) is 0 Å². The number of hydrogen-bond donors (Lipinski definition) is 1. The first-order valence-electron chi connectivity index (χ1n) is 4.96. The van der Waals surface area contributed by atoms with E-state index in [0.717, 1.165) is 23.0 Å². The van der Waals surface area contributed by atoms with Gasteiger partial charge in [-0.05, 0) is 31.5 Å². The number of benzene rings is 1. The fourth-order valence-corrected chi connectivity index (χ4v) is 2.23. The van der Waals surface area contributed by atoms with Crippen LogP contribution in [0.3, 0.4) is 0 Å². The Morgan fingerprint density at radius 2 is 2.21 bits per heavy atom. The van der Waals surface area contributed by atoms with Crippen LogP contribution in [-0.4, -0.2) is 6.54 Å². The second-order valence-corrected chi connectivity index (χ2v) is 4.58. The lowest BCUT2D eigenvalue weighted by Crippen LogP contribution is -2.27. The van der Waals surface area contributed by atoms with Gasteiger partial charge < -0.3 is 5.32 Å². The zero-order valence-corrected chi connectivity index (χ0v) is 9.48. The molecule has 0 aromatic heterocycles. The third-order valence-corrected chi connectivity index (χ3v) is 3.14. The molecule has 1 heterocycles. The van der Waals surface area contributed by atoms with Gasteiger partial charge in [0.15, 0.2) is 0 Å². The zero-order chi connectivity index (χ0) is 9.97. The third kappa shape index (κ3) is 2.15. The Morgan fingerprint density at radius 1 is 1.36 bits per heavy atom. The van der Waals surface area contributed by atoms with Crippen molar-refractivity contribution in [3.05, 3.63) is 34.1 Å². The van der Waals surface area contributed by atoms with E-state index in [0.29, 0.717) is 0 Å². The number of rotatable bonds is 1. The minimum absolute atomic E-state index is 0.112. The largest absolute Gasteiger partial charge is 0.310 e. The van der Waals surface area contributed by atoms with E-state index in [9.17, 15) is 4.39 Å². The molecule has 2 rings (SSSR count). The molecule has 0 aliphatic carbocycles. The Balaban J connectivity index is 2.22. The van der Waals surface area contributed by atoms with Gasteiger partial charge in [0.25, 0.3) is 0 Å². The molecule has 1 unspecified atom stereocenters. The molecule has 0 amide bonds. The van der Waals surface area contributed by atoms with Gasteiger partial charge in [-0.15, -0.1) is 0 Å². The SMILES string of the molecule is Fc1cc(Br)ccc1C1CCCCN1. The zero-order valence-electron chi connectivity index (χ0n) is 7.89. The molecule has 1 aliphatic rings. The predicted octanol–water partition coefficient (Wildman–Crippen LogP) is 3.40. The summed E-state index contributed by atoms with van der Waals surface area (Å²) < 4.78 is 14.4. The van der Waals surface area contributed by atoms with Crippen molar-refractivity contribution < 1.29 is 4.39 Å². The number of halogens is 2. The molecule has 1 atom stereocenters. The average Bonchev–Trinajstić information content (AvgIpc) is 2.19. The summed E-state index contributed by atoms with van der Waals surface area (Å²) in [6.45, 7) is 1.00. The van der Waals surface area contributed by atoms with Gasteiger partial charge in [-0.3, -0.25) is 0 Å². The maximum absolute atomic E-state index is 13.6. The van der Waals surface area contributed by atoms with Crippen LogP contribution in [0, 0.1) is 5.82 Å². The van der Waals surface area contributed by atoms with Crippen molar-refractivity contribution in [1.82, 2.24) is 5.32 Å². The van der Waals surface area contributed by atoms with Crippen LogP contribution in [0.4, 0.5) is 4.39 Å². The summed E-state index contributed by atoms with van der Waals surface area (Å²) in [4.78, 5) is 0. The standard InChI is InChI=1S/C11H13BrFN/c12-8-4-5-9(10(13)7-8)11-3-1-2-6-14-11/h4-5,7,11,14H,1-3,6H2. The van der Waals surface area contributed by atoms with Crippen LogP contribution in [0.15, 0.2) is 22.7 Å². The van der Waals surface area contributed by atoms with E-state index in [4.69, 9.17) is 0 Å². The first-order chi connectivity index (χ1) is 6.77. The molecule has 1 aromatic carbocycles. The van der Waals surface area contributed by atoms with Gasteiger partial charge in [0.1, 0.15) is 5.82 Å². The van der Waals surface area contributed by atoms with Crippen LogP contribution in [0.5, 0.6) is 0 Å². The van der Waals surface area contributed by atoms with Crippen molar-refractivity contribution in [2.45, 2.75) is 25.3 Å². The molecular formula is C11H13BrFN. The van der Waals surface area contributed by atoms with Crippen molar-refractivity contribution in [1.29, 1.82) is 0 Å². The predicted molar refractivity (Wildman–Crippen MR) is 58.7 cm³/mol. The highest BCUT2D eigenvalue weighted by atomic mass is 79.9. The summed E-state index contributed by atoms with van der Waals surface area (Å²) >= 11 is 3.26. The van der Waals surface area contributed by atoms with E-state index >= 15 is 0 Å². The van der Waals surface area contributed by atoms with Gasteiger partial charge >= 0.3 is 0 Å². The van der Waals surface area contributed by atoms with Crippen LogP contribution in [0.25, 0.3) is 0 Å². The molecule has 76 valence electrons. The lowest BCUT2D eigenvalue weighted by atomic mass is 9.97. The maximum atomic E-state index is 13.6. The van der Waals surface area contributed by atoms with Gasteiger partial charge in [0.05, 0.1) is 0 Å². The van der Waals surface area contributed by atoms with Gasteiger partial charge in [-0.2, -0.15) is 0 Å². The highest BCUT2D eigenvalue weighted by Crippen LogP contribution is 2.26. The smallest absolute Gasteiger partial charge is 0.129 e. The van der Waals surface area contributed by atoms with Crippen LogP contribution < -0.4 is 5.32 Å². The topological polar surface area (TPSA) is 12.0 Å². The van der Waals surface area contributed by atoms with E-state index in [1.807, 2.05) is 12.1 Å². The molecule has 1 fully saturated rings. The van der Waals surface area contributed by atoms with Crippen LogP contribution >= 0.6 is 15.9 Å². The Bertz CT molecular complexity index is 321. The Kier molecular flexibility index (Phi) is 3.19. The molecule has 0 radical (unpaired) electrons. The molecule has 1 saturated heterocycles. The van der Waals surface area contributed by atoms with Gasteiger partial charge in [0, 0.05) is 16.1 Å². The molecule has 0 saturated carbocycles. The fraction of sp³-hybridized carbons (Fsp3) is 0.455. The minimum Gasteiger partial charge on any atom is -0.310 e. The van der Waals surface area contributed by atoms with Gasteiger partial charge in [-0.1, -0.05) is 28.4 Å². The summed E-state index contributed by atoms with van der Waals surface area (Å²) in [5, 5.41) is 3.34. The Morgan fingerprint density at radius 3 is 2.86 bits per heavy atom. The number of nitrogens with one attached hydrogen (secondary N) is 1. The Labute approximate surface area is 91.8 Å². The van der Waals surface area contributed by atoms with Crippen molar-refractivity contribution in [3.63, 3.8) is 0 Å². The lowest BCUT2D eigenvalue weighted by Gasteiger charge is -2.24. The minimum atomic E-state index is -0.112. The van der Waals surface area contributed by atoms with E-state index < -0.39 is 0 Å².